The number of fused-ring (bicyclic) bond motifs is 1. The minimum atomic E-state index is -0.265. The summed E-state index contributed by atoms with van der Waals surface area (Å²) in [4.78, 5) is 16.6. The molecule has 0 saturated carbocycles. The number of thiophene rings is 1. The summed E-state index contributed by atoms with van der Waals surface area (Å²) in [6, 6.07) is 22.7. The van der Waals surface area contributed by atoms with Crippen molar-refractivity contribution in [2.24, 2.45) is 0 Å². The fourth-order valence-corrected chi connectivity index (χ4v) is 4.98. The largest absolute Gasteiger partial charge is 0.351 e. The van der Waals surface area contributed by atoms with Crippen molar-refractivity contribution < 1.29 is 4.39 Å². The second-order valence-electron chi connectivity index (χ2n) is 7.63. The maximum atomic E-state index is 13.6. The molecule has 3 heterocycles. The first kappa shape index (κ1) is 21.5. The van der Waals surface area contributed by atoms with Crippen LogP contribution in [0.15, 0.2) is 84.4 Å². The number of nitrogens with zero attached hydrogens (tertiary/aromatic N) is 4. The summed E-state index contributed by atoms with van der Waals surface area (Å²) >= 11 is 7.87. The van der Waals surface area contributed by atoms with Gasteiger partial charge in [0, 0.05) is 42.3 Å². The molecule has 0 fully saturated rings. The average Bonchev–Trinajstić information content (AvgIpc) is 3.27. The van der Waals surface area contributed by atoms with Crippen molar-refractivity contribution in [1.29, 1.82) is 0 Å². The van der Waals surface area contributed by atoms with Crippen molar-refractivity contribution >= 4 is 39.0 Å². The first-order chi connectivity index (χ1) is 16.2. The SMILES string of the molecule is Fc1ccc(-c2csc3nc(Cl)nc(N(CCc4ccccn4)Cc4ccccc4)c23)cc1. The molecule has 0 radical (unpaired) electrons. The predicted octanol–water partition coefficient (Wildman–Crippen LogP) is 6.80. The molecule has 0 saturated heterocycles. The number of aromatic nitrogens is 3. The van der Waals surface area contributed by atoms with E-state index in [1.54, 1.807) is 12.1 Å². The van der Waals surface area contributed by atoms with Crippen LogP contribution in [-0.2, 0) is 13.0 Å². The lowest BCUT2D eigenvalue weighted by atomic mass is 10.1. The summed E-state index contributed by atoms with van der Waals surface area (Å²) in [5.74, 6) is 0.504. The average molecular weight is 475 g/mol. The van der Waals surface area contributed by atoms with E-state index in [1.807, 2.05) is 48.0 Å². The molecule has 5 rings (SSSR count). The van der Waals surface area contributed by atoms with Crippen LogP contribution in [0, 0.1) is 5.82 Å². The van der Waals surface area contributed by atoms with Gasteiger partial charge >= 0.3 is 0 Å². The van der Waals surface area contributed by atoms with E-state index in [1.165, 1.54) is 29.0 Å². The van der Waals surface area contributed by atoms with Crippen molar-refractivity contribution in [3.05, 3.63) is 107 Å². The van der Waals surface area contributed by atoms with E-state index >= 15 is 0 Å². The Hall–Kier alpha value is -3.35. The van der Waals surface area contributed by atoms with E-state index in [9.17, 15) is 4.39 Å². The molecule has 0 unspecified atom stereocenters. The molecule has 33 heavy (non-hydrogen) atoms. The lowest BCUT2D eigenvalue weighted by Crippen LogP contribution is -2.27. The number of benzene rings is 2. The van der Waals surface area contributed by atoms with Crippen molar-refractivity contribution in [2.45, 2.75) is 13.0 Å². The smallest absolute Gasteiger partial charge is 0.225 e. The van der Waals surface area contributed by atoms with E-state index < -0.39 is 0 Å². The molecule has 0 N–H and O–H groups in total. The van der Waals surface area contributed by atoms with Crippen LogP contribution in [0.4, 0.5) is 10.2 Å². The van der Waals surface area contributed by atoms with Gasteiger partial charge in [0.05, 0.1) is 5.39 Å². The summed E-state index contributed by atoms with van der Waals surface area (Å²) in [7, 11) is 0. The summed E-state index contributed by atoms with van der Waals surface area (Å²) in [5.41, 5.74) is 4.06. The number of anilines is 1. The van der Waals surface area contributed by atoms with Crippen LogP contribution in [-0.4, -0.2) is 21.5 Å². The lowest BCUT2D eigenvalue weighted by Gasteiger charge is -2.25. The molecule has 5 aromatic rings. The lowest BCUT2D eigenvalue weighted by molar-refractivity contribution is 0.628. The predicted molar refractivity (Wildman–Crippen MR) is 133 cm³/mol. The summed E-state index contributed by atoms with van der Waals surface area (Å²) in [6.07, 6.45) is 2.56. The zero-order valence-corrected chi connectivity index (χ0v) is 19.2. The Morgan fingerprint density at radius 3 is 2.45 bits per heavy atom. The Morgan fingerprint density at radius 2 is 1.70 bits per heavy atom. The first-order valence-corrected chi connectivity index (χ1v) is 11.8. The third-order valence-corrected chi connectivity index (χ3v) is 6.46. The van der Waals surface area contributed by atoms with E-state index in [0.717, 1.165) is 39.3 Å². The van der Waals surface area contributed by atoms with Gasteiger partial charge in [-0.05, 0) is 47.0 Å². The second kappa shape index (κ2) is 9.65. The second-order valence-corrected chi connectivity index (χ2v) is 8.83. The molecule has 4 nitrogen and oxygen atoms in total. The Bertz CT molecular complexity index is 1360. The fourth-order valence-electron chi connectivity index (χ4n) is 3.83. The van der Waals surface area contributed by atoms with Crippen LogP contribution in [0.3, 0.4) is 0 Å². The molecule has 0 bridgehead atoms. The summed E-state index contributed by atoms with van der Waals surface area (Å²) in [5, 5.41) is 3.17. The number of rotatable bonds is 7. The van der Waals surface area contributed by atoms with E-state index in [0.29, 0.717) is 13.1 Å². The zero-order valence-electron chi connectivity index (χ0n) is 17.7. The van der Waals surface area contributed by atoms with Crippen LogP contribution in [0.25, 0.3) is 21.3 Å². The maximum absolute atomic E-state index is 13.6. The Morgan fingerprint density at radius 1 is 0.909 bits per heavy atom. The number of hydrogen-bond acceptors (Lipinski definition) is 5. The molecule has 0 atom stereocenters. The number of hydrogen-bond donors (Lipinski definition) is 0. The first-order valence-electron chi connectivity index (χ1n) is 10.6. The van der Waals surface area contributed by atoms with Gasteiger partial charge in [-0.3, -0.25) is 4.98 Å². The highest BCUT2D eigenvalue weighted by molar-refractivity contribution is 7.17. The zero-order chi connectivity index (χ0) is 22.6. The standard InChI is InChI=1S/C26H20ClFN4S/c27-26-30-24(23-22(17-33-25(23)31-26)19-9-11-20(28)12-10-19)32(16-18-6-2-1-3-7-18)15-13-21-8-4-5-14-29-21/h1-12,14,17H,13,15-16H2. The van der Waals surface area contributed by atoms with Crippen LogP contribution >= 0.6 is 22.9 Å². The van der Waals surface area contributed by atoms with Gasteiger partial charge in [0.15, 0.2) is 0 Å². The molecule has 0 amide bonds. The molecule has 3 aromatic heterocycles. The van der Waals surface area contributed by atoms with Crippen molar-refractivity contribution in [1.82, 2.24) is 15.0 Å². The molecule has 2 aromatic carbocycles. The van der Waals surface area contributed by atoms with Gasteiger partial charge < -0.3 is 4.90 Å². The highest BCUT2D eigenvalue weighted by atomic mass is 35.5. The molecule has 0 spiro atoms. The number of halogens is 2. The quantitative estimate of drug-likeness (QED) is 0.243. The van der Waals surface area contributed by atoms with Gasteiger partial charge in [0.1, 0.15) is 16.5 Å². The van der Waals surface area contributed by atoms with Crippen LogP contribution in [0.5, 0.6) is 0 Å². The Labute approximate surface area is 200 Å². The van der Waals surface area contributed by atoms with Crippen molar-refractivity contribution in [3.63, 3.8) is 0 Å². The normalized spacial score (nSPS) is 11.1. The monoisotopic (exact) mass is 474 g/mol. The van der Waals surface area contributed by atoms with Crippen molar-refractivity contribution in [2.75, 3.05) is 11.4 Å². The topological polar surface area (TPSA) is 41.9 Å². The van der Waals surface area contributed by atoms with Gasteiger partial charge in [-0.1, -0.05) is 48.5 Å². The van der Waals surface area contributed by atoms with E-state index in [4.69, 9.17) is 11.6 Å². The third-order valence-electron chi connectivity index (χ3n) is 5.42. The van der Waals surface area contributed by atoms with Gasteiger partial charge in [-0.15, -0.1) is 11.3 Å². The summed E-state index contributed by atoms with van der Waals surface area (Å²) < 4.78 is 13.6. The van der Waals surface area contributed by atoms with Gasteiger partial charge in [0.25, 0.3) is 0 Å². The van der Waals surface area contributed by atoms with Gasteiger partial charge in [0.2, 0.25) is 5.28 Å². The van der Waals surface area contributed by atoms with Crippen LogP contribution in [0.2, 0.25) is 5.28 Å². The third kappa shape index (κ3) is 4.87. The Balaban J connectivity index is 1.60. The van der Waals surface area contributed by atoms with Gasteiger partial charge in [-0.25, -0.2) is 9.37 Å². The van der Waals surface area contributed by atoms with E-state index in [2.05, 4.69) is 32.0 Å². The maximum Gasteiger partial charge on any atom is 0.225 e. The highest BCUT2D eigenvalue weighted by Gasteiger charge is 2.20. The molecule has 0 aliphatic carbocycles. The van der Waals surface area contributed by atoms with Gasteiger partial charge in [-0.2, -0.15) is 4.98 Å². The van der Waals surface area contributed by atoms with Crippen LogP contribution in [0.1, 0.15) is 11.3 Å². The fraction of sp³-hybridized carbons (Fsp3) is 0.115. The number of pyridine rings is 1. The van der Waals surface area contributed by atoms with Crippen molar-refractivity contribution in [3.8, 4) is 11.1 Å². The molecule has 164 valence electrons. The minimum absolute atomic E-state index is 0.209. The van der Waals surface area contributed by atoms with E-state index in [-0.39, 0.29) is 11.1 Å². The van der Waals surface area contributed by atoms with Crippen LogP contribution < -0.4 is 4.90 Å². The highest BCUT2D eigenvalue weighted by Crippen LogP contribution is 2.39. The minimum Gasteiger partial charge on any atom is -0.351 e. The molecular weight excluding hydrogens is 455 g/mol. The molecular formula is C26H20ClFN4S. The summed E-state index contributed by atoms with van der Waals surface area (Å²) in [6.45, 7) is 1.36. The molecule has 0 aliphatic rings. The molecule has 0 aliphatic heterocycles. The Kier molecular flexibility index (Phi) is 6.28. The molecule has 7 heteroatoms.